The fourth-order valence-electron chi connectivity index (χ4n) is 2.51. The molecule has 0 radical (unpaired) electrons. The molecule has 3 rings (SSSR count). The lowest BCUT2D eigenvalue weighted by Crippen LogP contribution is -2.25. The van der Waals surface area contributed by atoms with Crippen molar-refractivity contribution in [2.75, 3.05) is 5.32 Å². The van der Waals surface area contributed by atoms with Gasteiger partial charge in [-0.25, -0.2) is 0 Å². The summed E-state index contributed by atoms with van der Waals surface area (Å²) >= 11 is 0. The molecule has 0 aliphatic carbocycles. The molecule has 4 heteroatoms. The molecule has 2 aromatic carbocycles. The van der Waals surface area contributed by atoms with Gasteiger partial charge in [-0.05, 0) is 23.3 Å². The standard InChI is InChI=1S/C19H16N2O2/c22-18-16(12-7-13-20-18)21-19(23)17(14-8-3-1-4-9-14)15-10-5-2-6-11-15/h1-13,17H,(H,20,22)(H,21,23). The Morgan fingerprint density at radius 2 is 1.39 bits per heavy atom. The second-order valence-corrected chi connectivity index (χ2v) is 5.16. The number of carbonyl (C=O) groups excluding carboxylic acids is 1. The van der Waals surface area contributed by atoms with Crippen molar-refractivity contribution in [1.29, 1.82) is 0 Å². The van der Waals surface area contributed by atoms with Crippen molar-refractivity contribution in [3.63, 3.8) is 0 Å². The van der Waals surface area contributed by atoms with Crippen molar-refractivity contribution >= 4 is 11.6 Å². The summed E-state index contributed by atoms with van der Waals surface area (Å²) in [4.78, 5) is 27.1. The third kappa shape index (κ3) is 3.37. The van der Waals surface area contributed by atoms with E-state index in [2.05, 4.69) is 10.3 Å². The molecule has 3 aromatic rings. The number of carbonyl (C=O) groups is 1. The number of anilines is 1. The highest BCUT2D eigenvalue weighted by molar-refractivity contribution is 5.98. The molecule has 1 heterocycles. The molecule has 4 nitrogen and oxygen atoms in total. The first-order chi connectivity index (χ1) is 11.3. The first-order valence-corrected chi connectivity index (χ1v) is 7.34. The smallest absolute Gasteiger partial charge is 0.271 e. The second-order valence-electron chi connectivity index (χ2n) is 5.16. The molecule has 0 fully saturated rings. The fraction of sp³-hybridized carbons (Fsp3) is 0.0526. The monoisotopic (exact) mass is 304 g/mol. The first kappa shape index (κ1) is 14.8. The summed E-state index contributed by atoms with van der Waals surface area (Å²) in [5, 5.41) is 2.72. The molecule has 114 valence electrons. The summed E-state index contributed by atoms with van der Waals surface area (Å²) in [7, 11) is 0. The first-order valence-electron chi connectivity index (χ1n) is 7.34. The minimum absolute atomic E-state index is 0.237. The van der Waals surface area contributed by atoms with Crippen molar-refractivity contribution in [3.8, 4) is 0 Å². The van der Waals surface area contributed by atoms with Crippen LogP contribution >= 0.6 is 0 Å². The van der Waals surface area contributed by atoms with Crippen LogP contribution < -0.4 is 10.9 Å². The predicted molar refractivity (Wildman–Crippen MR) is 90.4 cm³/mol. The van der Waals surface area contributed by atoms with Crippen LogP contribution in [0.5, 0.6) is 0 Å². The van der Waals surface area contributed by atoms with Crippen LogP contribution in [0.25, 0.3) is 0 Å². The lowest BCUT2D eigenvalue weighted by Gasteiger charge is -2.17. The molecule has 1 aromatic heterocycles. The van der Waals surface area contributed by atoms with E-state index in [9.17, 15) is 9.59 Å². The number of hydrogen-bond acceptors (Lipinski definition) is 2. The van der Waals surface area contributed by atoms with Gasteiger partial charge in [0.15, 0.2) is 0 Å². The van der Waals surface area contributed by atoms with E-state index in [1.165, 1.54) is 6.20 Å². The van der Waals surface area contributed by atoms with Gasteiger partial charge in [-0.15, -0.1) is 0 Å². The van der Waals surface area contributed by atoms with Crippen molar-refractivity contribution in [3.05, 3.63) is 100 Å². The lowest BCUT2D eigenvalue weighted by atomic mass is 9.90. The Balaban J connectivity index is 1.97. The van der Waals surface area contributed by atoms with E-state index in [1.807, 2.05) is 60.7 Å². The number of pyridine rings is 1. The molecule has 0 bridgehead atoms. The third-order valence-electron chi connectivity index (χ3n) is 3.60. The number of rotatable bonds is 4. The molecule has 0 spiro atoms. The molecule has 1 amide bonds. The molecule has 0 atom stereocenters. The topological polar surface area (TPSA) is 62.0 Å². The van der Waals surface area contributed by atoms with Crippen molar-refractivity contribution in [1.82, 2.24) is 4.98 Å². The normalized spacial score (nSPS) is 10.5. The molecular weight excluding hydrogens is 288 g/mol. The highest BCUT2D eigenvalue weighted by Gasteiger charge is 2.23. The van der Waals surface area contributed by atoms with Gasteiger partial charge in [0.05, 0.1) is 5.92 Å². The van der Waals surface area contributed by atoms with Crippen LogP contribution in [-0.2, 0) is 4.79 Å². The number of aromatic nitrogens is 1. The molecule has 23 heavy (non-hydrogen) atoms. The van der Waals surface area contributed by atoms with Gasteiger partial charge in [-0.2, -0.15) is 0 Å². The maximum absolute atomic E-state index is 12.8. The second kappa shape index (κ2) is 6.75. The molecule has 2 N–H and O–H groups in total. The maximum atomic E-state index is 12.8. The zero-order valence-electron chi connectivity index (χ0n) is 12.4. The van der Waals surface area contributed by atoms with E-state index in [1.54, 1.807) is 12.1 Å². The van der Waals surface area contributed by atoms with Gasteiger partial charge in [0.25, 0.3) is 5.56 Å². The summed E-state index contributed by atoms with van der Waals surface area (Å²) < 4.78 is 0. The van der Waals surface area contributed by atoms with Crippen molar-refractivity contribution in [2.24, 2.45) is 0 Å². The van der Waals surface area contributed by atoms with Crippen molar-refractivity contribution < 1.29 is 4.79 Å². The predicted octanol–water partition coefficient (Wildman–Crippen LogP) is 3.15. The van der Waals surface area contributed by atoms with Crippen LogP contribution in [0.2, 0.25) is 0 Å². The largest absolute Gasteiger partial charge is 0.327 e. The number of benzene rings is 2. The van der Waals surface area contributed by atoms with Gasteiger partial charge >= 0.3 is 0 Å². The van der Waals surface area contributed by atoms with E-state index in [0.717, 1.165) is 11.1 Å². The summed E-state index contributed by atoms with van der Waals surface area (Å²) in [6.45, 7) is 0. The van der Waals surface area contributed by atoms with Crippen LogP contribution in [0.4, 0.5) is 5.69 Å². The minimum Gasteiger partial charge on any atom is -0.327 e. The Morgan fingerprint density at radius 3 is 1.91 bits per heavy atom. The van der Waals surface area contributed by atoms with E-state index in [-0.39, 0.29) is 17.2 Å². The SMILES string of the molecule is O=C(Nc1ccc[nH]c1=O)C(c1ccccc1)c1ccccc1. The maximum Gasteiger partial charge on any atom is 0.271 e. The molecular formula is C19H16N2O2. The van der Waals surface area contributed by atoms with Crippen LogP contribution in [0.15, 0.2) is 83.8 Å². The highest BCUT2D eigenvalue weighted by Crippen LogP contribution is 2.25. The average molecular weight is 304 g/mol. The molecule has 0 saturated heterocycles. The van der Waals surface area contributed by atoms with Gasteiger partial charge < -0.3 is 10.3 Å². The quantitative estimate of drug-likeness (QED) is 0.778. The number of hydrogen-bond donors (Lipinski definition) is 2. The Morgan fingerprint density at radius 1 is 0.826 bits per heavy atom. The number of amides is 1. The summed E-state index contributed by atoms with van der Waals surface area (Å²) in [5.74, 6) is -0.712. The molecule has 0 aliphatic heterocycles. The zero-order valence-corrected chi connectivity index (χ0v) is 12.4. The Bertz CT molecular complexity index is 802. The molecule has 0 unspecified atom stereocenters. The van der Waals surface area contributed by atoms with Crippen LogP contribution in [0.1, 0.15) is 17.0 Å². The highest BCUT2D eigenvalue weighted by atomic mass is 16.2. The summed E-state index contributed by atoms with van der Waals surface area (Å²) in [6, 6.07) is 22.3. The van der Waals surface area contributed by atoms with E-state index < -0.39 is 5.92 Å². The lowest BCUT2D eigenvalue weighted by molar-refractivity contribution is -0.116. The zero-order chi connectivity index (χ0) is 16.1. The average Bonchev–Trinajstić information content (AvgIpc) is 2.59. The van der Waals surface area contributed by atoms with Gasteiger partial charge in [-0.3, -0.25) is 9.59 Å². The van der Waals surface area contributed by atoms with E-state index >= 15 is 0 Å². The summed E-state index contributed by atoms with van der Waals surface area (Å²) in [6.07, 6.45) is 1.53. The number of H-pyrrole nitrogens is 1. The fourth-order valence-corrected chi connectivity index (χ4v) is 2.51. The molecule has 0 saturated carbocycles. The Kier molecular flexibility index (Phi) is 4.34. The van der Waals surface area contributed by atoms with Crippen LogP contribution in [-0.4, -0.2) is 10.9 Å². The van der Waals surface area contributed by atoms with Crippen LogP contribution in [0, 0.1) is 0 Å². The van der Waals surface area contributed by atoms with Gasteiger partial charge in [-0.1, -0.05) is 60.7 Å². The number of nitrogens with one attached hydrogen (secondary N) is 2. The number of aromatic amines is 1. The summed E-state index contributed by atoms with van der Waals surface area (Å²) in [5.41, 5.74) is 1.68. The van der Waals surface area contributed by atoms with E-state index in [4.69, 9.17) is 0 Å². The van der Waals surface area contributed by atoms with Gasteiger partial charge in [0, 0.05) is 6.20 Å². The van der Waals surface area contributed by atoms with Crippen molar-refractivity contribution in [2.45, 2.75) is 5.92 Å². The third-order valence-corrected chi connectivity index (χ3v) is 3.60. The van der Waals surface area contributed by atoms with Gasteiger partial charge in [0.1, 0.15) is 5.69 Å². The molecule has 0 aliphatic rings. The van der Waals surface area contributed by atoms with Gasteiger partial charge in [0.2, 0.25) is 5.91 Å². The Hall–Kier alpha value is -3.14. The van der Waals surface area contributed by atoms with E-state index in [0.29, 0.717) is 0 Å². The van der Waals surface area contributed by atoms with Crippen LogP contribution in [0.3, 0.4) is 0 Å². The minimum atomic E-state index is -0.475. The Labute approximate surface area is 133 Å².